The number of rotatable bonds is 76. The minimum atomic E-state index is -1.72. The molecule has 3 rings (SSSR count). The average molecular weight is 2160 g/mol. The minimum absolute atomic E-state index is 0.0221. The number of aliphatic hydroxyl groups is 1. The zero-order valence-electron chi connectivity index (χ0n) is 86.3. The molecule has 842 valence electrons. The molecule has 0 aromatic carbocycles. The molecule has 1 aliphatic rings. The lowest BCUT2D eigenvalue weighted by Gasteiger charge is -2.30. The Bertz CT molecular complexity index is 4750. The van der Waals surface area contributed by atoms with E-state index in [9.17, 15) is 126 Å². The van der Waals surface area contributed by atoms with Gasteiger partial charge < -0.3 is 165 Å². The third-order valence-electron chi connectivity index (χ3n) is 24.1. The fourth-order valence-electron chi connectivity index (χ4n) is 15.4. The first-order chi connectivity index (χ1) is 71.1. The number of nitrogens with two attached hydrogens (primary N) is 6. The predicted octanol–water partition coefficient (Wildman–Crippen LogP) is -8.65. The lowest BCUT2D eigenvalue weighted by atomic mass is 9.97. The molecule has 2 aromatic rings. The van der Waals surface area contributed by atoms with E-state index < -0.39 is 315 Å². The van der Waals surface area contributed by atoms with Gasteiger partial charge in [0.2, 0.25) is 112 Å². The molecule has 0 radical (unpaired) electrons. The number of hydrogen-bond donors (Lipinski definition) is 31. The van der Waals surface area contributed by atoms with Crippen molar-refractivity contribution in [3.8, 4) is 0 Å². The van der Waals surface area contributed by atoms with Crippen LogP contribution in [0.15, 0.2) is 25.0 Å². The number of imidazole rings is 2. The molecular formula is C92H156N30O26S2. The van der Waals surface area contributed by atoms with Gasteiger partial charge in [0.05, 0.1) is 38.4 Å². The normalized spacial score (nSPS) is 15.6. The number of aliphatic hydroxyl groups excluding tert-OH is 1. The minimum Gasteiger partial charge on any atom is -0.481 e. The molecule has 18 atom stereocenters. The van der Waals surface area contributed by atoms with Crippen LogP contribution >= 0.6 is 23.5 Å². The zero-order valence-corrected chi connectivity index (χ0v) is 87.9. The summed E-state index contributed by atoms with van der Waals surface area (Å²) in [6.45, 7) is 8.69. The molecule has 19 amide bonds. The molecule has 58 heteroatoms. The fourth-order valence-corrected chi connectivity index (χ4v) is 16.3. The highest BCUT2D eigenvalue weighted by molar-refractivity contribution is 7.98. The number of carbonyl (C=O) groups is 22. The van der Waals surface area contributed by atoms with E-state index in [0.717, 1.165) is 4.90 Å². The SMILES string of the molecule is CC[C@H](C)[C@H](NC(=O)CNC(=O)[C@H](CCCCN)NC(=O)[C@H](CCCCN)NC(=O)[C@H](CCC(N)=O)NC(=O)[C@H](CCSC)NC(=O)[C@@H](NC(=O)[C@H](CCCNC(=N)N)NC(=O)[C@@H](NC(=O)[C@H](CCSC)NC(=O)[C@H](CCC(=O)O)NC(=O)[C@H](CCCCN)NC(=O)[C@H](CO)NC(=O)CNC(=O)[C@H](C)N)C(C)C)C(C)C)C(=O)N[C@@H](CCC(=O)O)C(=O)N[C@@H](Cc1cnc[nH]1)C(=O)N[C@@H](Cc1cnc[nH]1)C(=O)N1CCC[C@H]1C(=O)O. The Balaban J connectivity index is 1.94. The van der Waals surface area contributed by atoms with Gasteiger partial charge in [-0.3, -0.25) is 106 Å². The maximum atomic E-state index is 14.8. The highest BCUT2D eigenvalue weighted by atomic mass is 32.2. The van der Waals surface area contributed by atoms with Crippen LogP contribution in [0.3, 0.4) is 0 Å². The van der Waals surface area contributed by atoms with Crippen molar-refractivity contribution in [2.45, 2.75) is 305 Å². The summed E-state index contributed by atoms with van der Waals surface area (Å²) in [7, 11) is 0. The fraction of sp³-hybridized carbons (Fsp3) is 0.685. The second-order valence-electron chi connectivity index (χ2n) is 36.9. The molecule has 0 saturated carbocycles. The number of amides is 19. The second-order valence-corrected chi connectivity index (χ2v) is 38.9. The number of unbranched alkanes of at least 4 members (excludes halogenated alkanes) is 3. The predicted molar refractivity (Wildman–Crippen MR) is 548 cm³/mol. The largest absolute Gasteiger partial charge is 0.481 e. The van der Waals surface area contributed by atoms with E-state index in [4.69, 9.17) is 39.8 Å². The number of carbonyl (C=O) groups excluding carboxylic acids is 19. The zero-order chi connectivity index (χ0) is 112. The molecule has 150 heavy (non-hydrogen) atoms. The van der Waals surface area contributed by atoms with Crippen LogP contribution < -0.4 is 130 Å². The second kappa shape index (κ2) is 70.5. The summed E-state index contributed by atoms with van der Waals surface area (Å²) in [6, 6.07) is -25.6. The van der Waals surface area contributed by atoms with Crippen molar-refractivity contribution in [3.05, 3.63) is 36.4 Å². The number of H-pyrrole nitrogens is 2. The lowest BCUT2D eigenvalue weighted by Crippen LogP contribution is -2.62. The standard InChI is InChI=1S/C92H156N30O26S2/c1-10-50(6)74(89(145)115-60(26-29-71(129)130)81(137)117-63(39-52-41-100-46-105-52)85(141)118-64(40-53-42-101-47-106-53)90(146)122-36-18-23-66(122)91(147)148)119-69(126)44-104-76(132)54(19-11-14-32-93)108-77(133)55(20-12-15-33-94)109-79(135)58(24-27-67(97)124)111-82(138)61(30-37-149-8)116-88(144)73(49(4)5)120-83(139)57(22-17-35-102-92(98)99)114-87(143)72(48(2)3)121-84(140)62(31-38-150-9)113-80(136)59(25-28-70(127)128)112-78(134)56(21-13-16-34-95)110-86(142)65(45-123)107-68(125)43-103-75(131)51(7)96/h41-42,46-51,54-66,72-74,123H,10-40,43-45,93-96H2,1-9H3,(H2,97,124)(H,100,105)(H,101,106)(H,103,131)(H,104,132)(H,107,125)(H,108,133)(H,109,135)(H,110,142)(H,111,138)(H,112,134)(H,113,136)(H,114,143)(H,115,145)(H,116,144)(H,117,137)(H,118,141)(H,119,126)(H,120,139)(H,121,140)(H,127,128)(H,129,130)(H,147,148)(H4,98,99,102)/t50-,51-,54-,55-,56-,57-,58-,59-,60-,61-,62-,63-,64-,65-,66-,72-,73-,74-/m0/s1. The van der Waals surface area contributed by atoms with Crippen LogP contribution in [-0.2, 0) is 118 Å². The van der Waals surface area contributed by atoms with Gasteiger partial charge in [-0.1, -0.05) is 48.0 Å². The van der Waals surface area contributed by atoms with E-state index in [2.05, 4.69) is 116 Å². The van der Waals surface area contributed by atoms with Gasteiger partial charge in [0.15, 0.2) is 5.96 Å². The molecule has 0 spiro atoms. The first-order valence-electron chi connectivity index (χ1n) is 49.9. The van der Waals surface area contributed by atoms with Crippen LogP contribution in [0.25, 0.3) is 0 Å². The quantitative estimate of drug-likeness (QED) is 0.0166. The number of carboxylic acid groups (broad SMARTS) is 3. The summed E-state index contributed by atoms with van der Waals surface area (Å²) in [5.41, 5.74) is 34.8. The number of primary amides is 1. The van der Waals surface area contributed by atoms with Crippen LogP contribution in [0.4, 0.5) is 0 Å². The van der Waals surface area contributed by atoms with E-state index in [1.165, 1.54) is 69.3 Å². The number of nitrogens with zero attached hydrogens (tertiary/aromatic N) is 3. The number of guanidine groups is 1. The summed E-state index contributed by atoms with van der Waals surface area (Å²) < 4.78 is 0. The van der Waals surface area contributed by atoms with Crippen LogP contribution in [-0.4, -0.2) is 361 Å². The number of thioether (sulfide) groups is 2. The summed E-state index contributed by atoms with van der Waals surface area (Å²) >= 11 is 2.49. The van der Waals surface area contributed by atoms with Crippen molar-refractivity contribution < 1.29 is 126 Å². The number of nitrogens with one attached hydrogen (secondary N) is 21. The molecule has 56 nitrogen and oxygen atoms in total. The van der Waals surface area contributed by atoms with Gasteiger partial charge in [-0.15, -0.1) is 0 Å². The van der Waals surface area contributed by atoms with Gasteiger partial charge in [0.25, 0.3) is 0 Å². The van der Waals surface area contributed by atoms with Crippen LogP contribution in [0, 0.1) is 23.2 Å². The van der Waals surface area contributed by atoms with Crippen LogP contribution in [0.5, 0.6) is 0 Å². The number of likely N-dealkylation sites (tertiary alicyclic amines) is 1. The highest BCUT2D eigenvalue weighted by Gasteiger charge is 2.43. The maximum absolute atomic E-state index is 14.8. The molecule has 37 N–H and O–H groups in total. The van der Waals surface area contributed by atoms with Crippen molar-refractivity contribution in [3.63, 3.8) is 0 Å². The number of aromatic amines is 2. The van der Waals surface area contributed by atoms with Crippen molar-refractivity contribution in [2.24, 2.45) is 52.2 Å². The summed E-state index contributed by atoms with van der Waals surface area (Å²) in [5.74, 6) is -24.8. The van der Waals surface area contributed by atoms with Crippen molar-refractivity contribution in [1.82, 2.24) is 121 Å². The molecular weight excluding hydrogens is 2010 g/mol. The van der Waals surface area contributed by atoms with Crippen LogP contribution in [0.1, 0.15) is 201 Å². The summed E-state index contributed by atoms with van der Waals surface area (Å²) in [5, 5.41) is 92.9. The first-order valence-corrected chi connectivity index (χ1v) is 52.7. The molecule has 3 heterocycles. The van der Waals surface area contributed by atoms with E-state index in [1.54, 1.807) is 40.2 Å². The molecule has 0 unspecified atom stereocenters. The Morgan fingerprint density at radius 2 is 0.753 bits per heavy atom. The molecule has 1 fully saturated rings. The van der Waals surface area contributed by atoms with Gasteiger partial charge in [-0.25, -0.2) is 14.8 Å². The van der Waals surface area contributed by atoms with Gasteiger partial charge in [-0.2, -0.15) is 23.5 Å². The highest BCUT2D eigenvalue weighted by Crippen LogP contribution is 2.22. The monoisotopic (exact) mass is 2160 g/mol. The smallest absolute Gasteiger partial charge is 0.326 e. The van der Waals surface area contributed by atoms with E-state index >= 15 is 0 Å². The topological polar surface area (TPSA) is 914 Å². The summed E-state index contributed by atoms with van der Waals surface area (Å²) in [4.78, 5) is 320. The summed E-state index contributed by atoms with van der Waals surface area (Å²) in [6.07, 6.45) is 5.97. The Morgan fingerprint density at radius 1 is 0.413 bits per heavy atom. The number of aromatic nitrogens is 4. The van der Waals surface area contributed by atoms with E-state index in [-0.39, 0.29) is 134 Å². The molecule has 0 aliphatic carbocycles. The van der Waals surface area contributed by atoms with E-state index in [0.29, 0.717) is 37.1 Å². The van der Waals surface area contributed by atoms with Gasteiger partial charge in [-0.05, 0) is 184 Å². The van der Waals surface area contributed by atoms with Crippen molar-refractivity contribution >= 4 is 160 Å². The lowest BCUT2D eigenvalue weighted by molar-refractivity contribution is -0.149. The molecule has 2 aromatic heterocycles. The Kier molecular flexibility index (Phi) is 61.4. The van der Waals surface area contributed by atoms with Crippen LogP contribution in [0.2, 0.25) is 0 Å². The molecule has 0 bridgehead atoms. The third-order valence-corrected chi connectivity index (χ3v) is 25.4. The van der Waals surface area contributed by atoms with Crippen molar-refractivity contribution in [1.29, 1.82) is 5.41 Å². The average Bonchev–Trinajstić information content (AvgIpc) is 1.65. The van der Waals surface area contributed by atoms with Gasteiger partial charge in [0, 0.05) is 69.0 Å². The van der Waals surface area contributed by atoms with Gasteiger partial charge >= 0.3 is 17.9 Å². The maximum Gasteiger partial charge on any atom is 0.326 e. The Labute approximate surface area is 877 Å². The molecule has 1 aliphatic heterocycles. The number of carboxylic acids is 3. The first kappa shape index (κ1) is 131. The Morgan fingerprint density at radius 3 is 1.11 bits per heavy atom. The van der Waals surface area contributed by atoms with Crippen molar-refractivity contribution in [2.75, 3.05) is 76.4 Å². The Hall–Kier alpha value is -13.5. The van der Waals surface area contributed by atoms with E-state index in [1.807, 2.05) is 0 Å². The van der Waals surface area contributed by atoms with Gasteiger partial charge in [0.1, 0.15) is 96.7 Å². The number of hydrogen-bond acceptors (Lipinski definition) is 32. The molecule has 1 saturated heterocycles. The third kappa shape index (κ3) is 48.9. The number of aliphatic carboxylic acids is 3.